The molecule has 4 rings (SSSR count). The Balaban J connectivity index is 1.77. The summed E-state index contributed by atoms with van der Waals surface area (Å²) in [4.78, 5) is 0. The summed E-state index contributed by atoms with van der Waals surface area (Å²) in [6.07, 6.45) is 0. The third-order valence-electron chi connectivity index (χ3n) is 3.61. The summed E-state index contributed by atoms with van der Waals surface area (Å²) in [7, 11) is 0. The van der Waals surface area contributed by atoms with Crippen LogP contribution in [0.4, 0.5) is 0 Å². The molecule has 0 spiro atoms. The Morgan fingerprint density at radius 3 is 2.24 bits per heavy atom. The molecule has 0 unspecified atom stereocenters. The number of nitrogens with zero attached hydrogens (tertiary/aromatic N) is 1. The molecule has 21 heavy (non-hydrogen) atoms. The van der Waals surface area contributed by atoms with E-state index in [2.05, 4.69) is 78.9 Å². The first-order valence-electron chi connectivity index (χ1n) is 6.91. The fourth-order valence-electron chi connectivity index (χ4n) is 2.50. The summed E-state index contributed by atoms with van der Waals surface area (Å²) < 4.78 is 6.11. The Hall–Kier alpha value is -2.15. The van der Waals surface area contributed by atoms with Crippen molar-refractivity contribution < 1.29 is 0 Å². The van der Waals surface area contributed by atoms with Crippen molar-refractivity contribution in [2.45, 2.75) is 0 Å². The van der Waals surface area contributed by atoms with Gasteiger partial charge in [0.15, 0.2) is 0 Å². The van der Waals surface area contributed by atoms with Crippen LogP contribution in [0.2, 0.25) is 0 Å². The molecule has 0 amide bonds. The molecule has 1 aromatic heterocycles. The Morgan fingerprint density at radius 1 is 0.619 bits per heavy atom. The number of rotatable bonds is 2. The zero-order chi connectivity index (χ0) is 14.1. The average molecular weight is 334 g/mol. The topological polar surface area (TPSA) is 12.9 Å². The molecule has 0 fully saturated rings. The summed E-state index contributed by atoms with van der Waals surface area (Å²) >= 11 is 0.183. The molecule has 1 nitrogen and oxygen atoms in total. The quantitative estimate of drug-likeness (QED) is 0.487. The second-order valence-electron chi connectivity index (χ2n) is 5.00. The number of aromatic nitrogens is 1. The van der Waals surface area contributed by atoms with Crippen molar-refractivity contribution in [1.82, 2.24) is 3.98 Å². The normalized spacial score (nSPS) is 10.9. The van der Waals surface area contributed by atoms with Crippen LogP contribution >= 0.6 is 0 Å². The van der Waals surface area contributed by atoms with Gasteiger partial charge in [-0.1, -0.05) is 0 Å². The van der Waals surface area contributed by atoms with Gasteiger partial charge in [0.25, 0.3) is 0 Å². The van der Waals surface area contributed by atoms with Gasteiger partial charge in [-0.3, -0.25) is 0 Å². The van der Waals surface area contributed by atoms with Crippen LogP contribution in [-0.2, 0) is 0 Å². The van der Waals surface area contributed by atoms with Crippen molar-refractivity contribution in [2.24, 2.45) is 0 Å². The van der Waals surface area contributed by atoms with Crippen LogP contribution in [0, 0.1) is 0 Å². The van der Waals surface area contributed by atoms with E-state index >= 15 is 0 Å². The van der Waals surface area contributed by atoms with Crippen molar-refractivity contribution in [3.8, 4) is 21.3 Å². The number of hydrogen-bond donors (Lipinski definition) is 0. The molecule has 2 heteroatoms. The van der Waals surface area contributed by atoms with Gasteiger partial charge in [-0.05, 0) is 0 Å². The number of fused-ring (bicyclic) bond motifs is 1. The van der Waals surface area contributed by atoms with Crippen LogP contribution in [-0.4, -0.2) is 18.7 Å². The molecular formula is C19H13NSe. The van der Waals surface area contributed by atoms with Crippen molar-refractivity contribution in [2.75, 3.05) is 0 Å². The van der Waals surface area contributed by atoms with Gasteiger partial charge in [0.1, 0.15) is 0 Å². The molecule has 4 aromatic rings. The van der Waals surface area contributed by atoms with Gasteiger partial charge < -0.3 is 0 Å². The Morgan fingerprint density at radius 2 is 1.38 bits per heavy atom. The zero-order valence-corrected chi connectivity index (χ0v) is 13.1. The van der Waals surface area contributed by atoms with Gasteiger partial charge in [-0.15, -0.1) is 0 Å². The molecule has 0 atom stereocenters. The Bertz CT molecular complexity index is 894. The SMILES string of the molecule is c1ccc(-c2cc(-c3ccc4ccccc4c3)n[se]2)cc1. The van der Waals surface area contributed by atoms with Crippen molar-refractivity contribution in [3.05, 3.63) is 78.9 Å². The molecule has 0 saturated carbocycles. The predicted molar refractivity (Wildman–Crippen MR) is 89.6 cm³/mol. The van der Waals surface area contributed by atoms with E-state index in [9.17, 15) is 0 Å². The number of benzene rings is 3. The van der Waals surface area contributed by atoms with Crippen LogP contribution in [0.5, 0.6) is 0 Å². The Kier molecular flexibility index (Phi) is 3.19. The monoisotopic (exact) mass is 335 g/mol. The van der Waals surface area contributed by atoms with E-state index in [1.165, 1.54) is 26.3 Å². The summed E-state index contributed by atoms with van der Waals surface area (Å²) in [5.41, 5.74) is 3.61. The molecule has 0 saturated heterocycles. The summed E-state index contributed by atoms with van der Waals surface area (Å²) in [6.45, 7) is 0. The van der Waals surface area contributed by atoms with E-state index in [0.717, 1.165) is 5.69 Å². The van der Waals surface area contributed by atoms with Crippen LogP contribution < -0.4 is 0 Å². The molecule has 0 bridgehead atoms. The molecule has 0 radical (unpaired) electrons. The van der Waals surface area contributed by atoms with Crippen molar-refractivity contribution in [3.63, 3.8) is 0 Å². The van der Waals surface area contributed by atoms with E-state index in [4.69, 9.17) is 3.98 Å². The zero-order valence-electron chi connectivity index (χ0n) is 11.4. The molecule has 0 aliphatic carbocycles. The summed E-state index contributed by atoms with van der Waals surface area (Å²) in [5.74, 6) is 0. The van der Waals surface area contributed by atoms with Crippen LogP contribution in [0.3, 0.4) is 0 Å². The van der Waals surface area contributed by atoms with Gasteiger partial charge >= 0.3 is 130 Å². The first-order chi connectivity index (χ1) is 10.4. The fourth-order valence-corrected chi connectivity index (χ4v) is 4.09. The first kappa shape index (κ1) is 12.6. The van der Waals surface area contributed by atoms with E-state index in [1.54, 1.807) is 0 Å². The first-order valence-corrected chi connectivity index (χ1v) is 8.54. The number of hydrogen-bond acceptors (Lipinski definition) is 1. The van der Waals surface area contributed by atoms with Crippen LogP contribution in [0.1, 0.15) is 0 Å². The molecule has 0 N–H and O–H groups in total. The van der Waals surface area contributed by atoms with Crippen molar-refractivity contribution >= 4 is 25.5 Å². The van der Waals surface area contributed by atoms with Crippen LogP contribution in [0.15, 0.2) is 78.9 Å². The standard InChI is InChI=1S/C19H13NSe/c1-2-7-15(8-3-1)19-13-18(20-21-19)17-11-10-14-6-4-5-9-16(14)12-17/h1-13H. The van der Waals surface area contributed by atoms with Gasteiger partial charge in [0.05, 0.1) is 0 Å². The molecular weight excluding hydrogens is 321 g/mol. The van der Waals surface area contributed by atoms with Gasteiger partial charge in [-0.2, -0.15) is 0 Å². The maximum absolute atomic E-state index is 4.76. The van der Waals surface area contributed by atoms with Crippen LogP contribution in [0.25, 0.3) is 32.0 Å². The van der Waals surface area contributed by atoms with E-state index in [0.29, 0.717) is 0 Å². The fraction of sp³-hybridized carbons (Fsp3) is 0. The summed E-state index contributed by atoms with van der Waals surface area (Å²) in [5, 5.41) is 2.55. The van der Waals surface area contributed by atoms with E-state index in [-0.39, 0.29) is 14.7 Å². The van der Waals surface area contributed by atoms with Gasteiger partial charge in [-0.25, -0.2) is 0 Å². The third-order valence-corrected chi connectivity index (χ3v) is 5.37. The average Bonchev–Trinajstić information content (AvgIpc) is 3.05. The second-order valence-corrected chi connectivity index (χ2v) is 6.69. The maximum atomic E-state index is 4.76. The third kappa shape index (κ3) is 2.44. The second kappa shape index (κ2) is 5.32. The minimum absolute atomic E-state index is 0.183. The molecule has 0 aliphatic rings. The predicted octanol–water partition coefficient (Wildman–Crippen LogP) is 4.63. The minimum atomic E-state index is 0.183. The van der Waals surface area contributed by atoms with E-state index < -0.39 is 0 Å². The molecule has 1 heterocycles. The van der Waals surface area contributed by atoms with Crippen molar-refractivity contribution in [1.29, 1.82) is 0 Å². The van der Waals surface area contributed by atoms with Gasteiger partial charge in [0, 0.05) is 0 Å². The molecule has 0 aliphatic heterocycles. The molecule has 3 aromatic carbocycles. The van der Waals surface area contributed by atoms with E-state index in [1.807, 2.05) is 0 Å². The Labute approximate surface area is 129 Å². The van der Waals surface area contributed by atoms with Gasteiger partial charge in [0.2, 0.25) is 0 Å². The summed E-state index contributed by atoms with van der Waals surface area (Å²) in [6, 6.07) is 27.8. The molecule has 100 valence electrons.